The number of carbonyl (C=O) groups is 1. The summed E-state index contributed by atoms with van der Waals surface area (Å²) < 4.78 is 5.29. The van der Waals surface area contributed by atoms with Crippen molar-refractivity contribution >= 4 is 5.97 Å². The molecule has 0 heterocycles. The van der Waals surface area contributed by atoms with Crippen LogP contribution in [0.15, 0.2) is 0 Å². The number of hydrogen-bond donors (Lipinski definition) is 1. The van der Waals surface area contributed by atoms with E-state index in [4.69, 9.17) is 4.74 Å². The molecule has 2 aliphatic rings. The van der Waals surface area contributed by atoms with Crippen molar-refractivity contribution < 1.29 is 14.6 Å². The first kappa shape index (κ1) is 9.97. The molecule has 3 heteroatoms. The van der Waals surface area contributed by atoms with Crippen LogP contribution in [0, 0.1) is 11.8 Å². The summed E-state index contributed by atoms with van der Waals surface area (Å²) in [6.07, 6.45) is 4.89. The minimum absolute atomic E-state index is 0.107. The molecule has 80 valence electrons. The number of aliphatic hydroxyl groups is 1. The summed E-state index contributed by atoms with van der Waals surface area (Å²) in [4.78, 5) is 10.9. The second-order valence-corrected chi connectivity index (χ2v) is 4.63. The summed E-state index contributed by atoms with van der Waals surface area (Å²) in [6.45, 7) is 1.48. The Balaban J connectivity index is 1.95. The standard InChI is InChI=1S/C11H18O3/c1-7(12)14-11-5-3-8-6-9(11)2-4-10(8)13/h8-11,13H,2-6H2,1H3. The summed E-state index contributed by atoms with van der Waals surface area (Å²) >= 11 is 0. The number of fused-ring (bicyclic) bond motifs is 2. The van der Waals surface area contributed by atoms with Gasteiger partial charge in [-0.3, -0.25) is 4.79 Å². The molecule has 0 aliphatic heterocycles. The molecule has 0 spiro atoms. The molecule has 14 heavy (non-hydrogen) atoms. The van der Waals surface area contributed by atoms with Gasteiger partial charge in [0, 0.05) is 6.92 Å². The Morgan fingerprint density at radius 3 is 2.64 bits per heavy atom. The van der Waals surface area contributed by atoms with Crippen LogP contribution in [0.5, 0.6) is 0 Å². The number of hydrogen-bond acceptors (Lipinski definition) is 3. The molecule has 2 rings (SSSR count). The van der Waals surface area contributed by atoms with Crippen molar-refractivity contribution in [3.05, 3.63) is 0 Å². The highest BCUT2D eigenvalue weighted by atomic mass is 16.5. The van der Waals surface area contributed by atoms with E-state index >= 15 is 0 Å². The van der Waals surface area contributed by atoms with Gasteiger partial charge in [0.05, 0.1) is 6.10 Å². The Kier molecular flexibility index (Phi) is 2.77. The maximum absolute atomic E-state index is 10.9. The molecule has 0 aromatic carbocycles. The lowest BCUT2D eigenvalue weighted by atomic mass is 9.69. The van der Waals surface area contributed by atoms with Crippen molar-refractivity contribution in [1.29, 1.82) is 0 Å². The van der Waals surface area contributed by atoms with Crippen LogP contribution < -0.4 is 0 Å². The summed E-state index contributed by atoms with van der Waals surface area (Å²) in [5.41, 5.74) is 0. The van der Waals surface area contributed by atoms with E-state index in [0.29, 0.717) is 11.8 Å². The zero-order valence-corrected chi connectivity index (χ0v) is 8.61. The van der Waals surface area contributed by atoms with Gasteiger partial charge in [-0.2, -0.15) is 0 Å². The van der Waals surface area contributed by atoms with E-state index < -0.39 is 0 Å². The average Bonchev–Trinajstić information content (AvgIpc) is 2.14. The number of carbonyl (C=O) groups excluding carboxylic acids is 1. The van der Waals surface area contributed by atoms with Crippen LogP contribution in [0.3, 0.4) is 0 Å². The van der Waals surface area contributed by atoms with Gasteiger partial charge in [-0.15, -0.1) is 0 Å². The fraction of sp³-hybridized carbons (Fsp3) is 0.909. The van der Waals surface area contributed by atoms with Gasteiger partial charge >= 0.3 is 5.97 Å². The normalized spacial score (nSPS) is 41.9. The number of ether oxygens (including phenoxy) is 1. The van der Waals surface area contributed by atoms with Gasteiger partial charge in [0.15, 0.2) is 0 Å². The van der Waals surface area contributed by atoms with E-state index in [1.54, 1.807) is 0 Å². The Bertz CT molecular complexity index is 227. The first-order chi connectivity index (χ1) is 6.66. The van der Waals surface area contributed by atoms with Crippen LogP contribution in [-0.4, -0.2) is 23.3 Å². The van der Waals surface area contributed by atoms with Crippen LogP contribution in [-0.2, 0) is 9.53 Å². The van der Waals surface area contributed by atoms with Crippen LogP contribution >= 0.6 is 0 Å². The molecule has 0 radical (unpaired) electrons. The molecule has 3 nitrogen and oxygen atoms in total. The first-order valence-corrected chi connectivity index (χ1v) is 5.52. The minimum atomic E-state index is -0.167. The first-order valence-electron chi connectivity index (χ1n) is 5.52. The lowest BCUT2D eigenvalue weighted by molar-refractivity contribution is -0.154. The third-order valence-corrected chi connectivity index (χ3v) is 3.65. The molecule has 2 aliphatic carbocycles. The Morgan fingerprint density at radius 2 is 1.93 bits per heavy atom. The zero-order valence-electron chi connectivity index (χ0n) is 8.61. The maximum Gasteiger partial charge on any atom is 0.302 e. The largest absolute Gasteiger partial charge is 0.462 e. The van der Waals surface area contributed by atoms with E-state index in [1.165, 1.54) is 6.92 Å². The van der Waals surface area contributed by atoms with E-state index in [9.17, 15) is 9.90 Å². The lowest BCUT2D eigenvalue weighted by Crippen LogP contribution is -2.41. The van der Waals surface area contributed by atoms with E-state index in [1.807, 2.05) is 0 Å². The second kappa shape index (κ2) is 3.89. The summed E-state index contributed by atoms with van der Waals surface area (Å²) in [6, 6.07) is 0. The molecular formula is C11H18O3. The van der Waals surface area contributed by atoms with Crippen LogP contribution in [0.1, 0.15) is 39.0 Å². The van der Waals surface area contributed by atoms with E-state index in [0.717, 1.165) is 32.1 Å². The van der Waals surface area contributed by atoms with Gasteiger partial charge in [0.1, 0.15) is 6.10 Å². The maximum atomic E-state index is 10.9. The monoisotopic (exact) mass is 198 g/mol. The summed E-state index contributed by atoms with van der Waals surface area (Å²) in [7, 11) is 0. The molecule has 0 aromatic rings. The summed E-state index contributed by atoms with van der Waals surface area (Å²) in [5, 5.41) is 9.68. The van der Waals surface area contributed by atoms with Crippen LogP contribution in [0.4, 0.5) is 0 Å². The van der Waals surface area contributed by atoms with Crippen LogP contribution in [0.25, 0.3) is 0 Å². The minimum Gasteiger partial charge on any atom is -0.462 e. The van der Waals surface area contributed by atoms with Crippen molar-refractivity contribution in [3.63, 3.8) is 0 Å². The van der Waals surface area contributed by atoms with Gasteiger partial charge in [0.25, 0.3) is 0 Å². The molecular weight excluding hydrogens is 180 g/mol. The fourth-order valence-electron chi connectivity index (χ4n) is 2.91. The zero-order chi connectivity index (χ0) is 10.1. The average molecular weight is 198 g/mol. The molecule has 0 amide bonds. The molecule has 4 atom stereocenters. The van der Waals surface area contributed by atoms with Gasteiger partial charge in [-0.05, 0) is 43.9 Å². The molecule has 0 aromatic heterocycles. The second-order valence-electron chi connectivity index (χ2n) is 4.63. The van der Waals surface area contributed by atoms with Crippen molar-refractivity contribution in [2.75, 3.05) is 0 Å². The van der Waals surface area contributed by atoms with Gasteiger partial charge in [0.2, 0.25) is 0 Å². The highest BCUT2D eigenvalue weighted by Crippen LogP contribution is 2.41. The van der Waals surface area contributed by atoms with Gasteiger partial charge in [-0.25, -0.2) is 0 Å². The third-order valence-electron chi connectivity index (χ3n) is 3.65. The Hall–Kier alpha value is -0.570. The topological polar surface area (TPSA) is 46.5 Å². The molecule has 0 saturated heterocycles. The van der Waals surface area contributed by atoms with Crippen LogP contribution in [0.2, 0.25) is 0 Å². The number of aliphatic hydroxyl groups excluding tert-OH is 1. The van der Waals surface area contributed by atoms with Crippen molar-refractivity contribution in [1.82, 2.24) is 0 Å². The van der Waals surface area contributed by atoms with E-state index in [2.05, 4.69) is 0 Å². The predicted octanol–water partition coefficient (Wildman–Crippen LogP) is 1.49. The Labute approximate surface area is 84.4 Å². The smallest absolute Gasteiger partial charge is 0.302 e. The lowest BCUT2D eigenvalue weighted by Gasteiger charge is -2.41. The quantitative estimate of drug-likeness (QED) is 0.649. The molecule has 2 saturated carbocycles. The van der Waals surface area contributed by atoms with Crippen molar-refractivity contribution in [2.24, 2.45) is 11.8 Å². The number of rotatable bonds is 1. The van der Waals surface area contributed by atoms with Gasteiger partial charge in [-0.1, -0.05) is 0 Å². The molecule has 4 unspecified atom stereocenters. The highest BCUT2D eigenvalue weighted by molar-refractivity contribution is 5.66. The van der Waals surface area contributed by atoms with E-state index in [-0.39, 0.29) is 18.2 Å². The molecule has 1 N–H and O–H groups in total. The molecule has 2 bridgehead atoms. The molecule has 2 fully saturated rings. The Morgan fingerprint density at radius 1 is 1.21 bits per heavy atom. The fourth-order valence-corrected chi connectivity index (χ4v) is 2.91. The van der Waals surface area contributed by atoms with Crippen molar-refractivity contribution in [3.8, 4) is 0 Å². The summed E-state index contributed by atoms with van der Waals surface area (Å²) in [5.74, 6) is 0.793. The van der Waals surface area contributed by atoms with Crippen molar-refractivity contribution in [2.45, 2.75) is 51.2 Å². The highest BCUT2D eigenvalue weighted by Gasteiger charge is 2.39. The third kappa shape index (κ3) is 1.92. The number of esters is 1. The predicted molar refractivity (Wildman–Crippen MR) is 51.6 cm³/mol. The van der Waals surface area contributed by atoms with Gasteiger partial charge < -0.3 is 9.84 Å². The SMILES string of the molecule is CC(=O)OC1CCC2CC1CCC2O.